The molecule has 0 heterocycles. The second-order valence-electron chi connectivity index (χ2n) is 9.30. The van der Waals surface area contributed by atoms with Crippen LogP contribution in [0.5, 0.6) is 5.75 Å². The van der Waals surface area contributed by atoms with Crippen LogP contribution in [0, 0.1) is 0 Å². The molecule has 1 atom stereocenters. The third kappa shape index (κ3) is 7.18. The summed E-state index contributed by atoms with van der Waals surface area (Å²) in [4.78, 5) is 2.55. The maximum Gasteiger partial charge on any atom is 0.123 e. The van der Waals surface area contributed by atoms with Gasteiger partial charge in [0.25, 0.3) is 0 Å². The number of nitrogens with zero attached hydrogens (tertiary/aromatic N) is 1. The first kappa shape index (κ1) is 25.0. The van der Waals surface area contributed by atoms with E-state index in [-0.39, 0.29) is 12.5 Å². The Morgan fingerprint density at radius 2 is 1.42 bits per heavy atom. The molecule has 0 unspecified atom stereocenters. The predicted molar refractivity (Wildman–Crippen MR) is 138 cm³/mol. The molecule has 0 saturated heterocycles. The van der Waals surface area contributed by atoms with Crippen molar-refractivity contribution in [3.63, 3.8) is 0 Å². The van der Waals surface area contributed by atoms with E-state index in [4.69, 9.17) is 4.74 Å². The molecular formula is C30H39NO2. The Labute approximate surface area is 200 Å². The smallest absolute Gasteiger partial charge is 0.123 e. The van der Waals surface area contributed by atoms with Crippen LogP contribution in [-0.4, -0.2) is 35.2 Å². The van der Waals surface area contributed by atoms with E-state index in [1.807, 2.05) is 18.2 Å². The molecule has 0 bridgehead atoms. The molecule has 176 valence electrons. The molecule has 3 heteroatoms. The first-order valence-corrected chi connectivity index (χ1v) is 12.2. The normalized spacial score (nSPS) is 12.5. The molecule has 33 heavy (non-hydrogen) atoms. The number of hydrogen-bond acceptors (Lipinski definition) is 3. The number of aliphatic hydroxyl groups excluding tert-OH is 1. The summed E-state index contributed by atoms with van der Waals surface area (Å²) in [6, 6.07) is 28.5. The molecule has 3 aromatic carbocycles. The van der Waals surface area contributed by atoms with Crippen molar-refractivity contribution in [2.45, 2.75) is 65.1 Å². The molecule has 0 aliphatic heterocycles. The highest BCUT2D eigenvalue weighted by Gasteiger charge is 2.22. The largest absolute Gasteiger partial charge is 0.489 e. The minimum absolute atomic E-state index is 0.147. The fourth-order valence-corrected chi connectivity index (χ4v) is 4.60. The second-order valence-corrected chi connectivity index (χ2v) is 9.30. The average Bonchev–Trinajstić information content (AvgIpc) is 2.82. The Kier molecular flexibility index (Phi) is 9.53. The summed E-state index contributed by atoms with van der Waals surface area (Å²) in [6.45, 7) is 10.8. The molecule has 0 radical (unpaired) electrons. The van der Waals surface area contributed by atoms with Gasteiger partial charge in [0.05, 0.1) is 0 Å². The molecule has 3 nitrogen and oxygen atoms in total. The van der Waals surface area contributed by atoms with Crippen molar-refractivity contribution in [3.8, 4) is 5.75 Å². The summed E-state index contributed by atoms with van der Waals surface area (Å²) in [5, 5.41) is 9.55. The fraction of sp³-hybridized carbons (Fsp3) is 0.400. The van der Waals surface area contributed by atoms with Crippen molar-refractivity contribution in [2.75, 3.05) is 13.2 Å². The van der Waals surface area contributed by atoms with Gasteiger partial charge >= 0.3 is 0 Å². The van der Waals surface area contributed by atoms with Crippen LogP contribution < -0.4 is 4.74 Å². The third-order valence-electron chi connectivity index (χ3n) is 6.29. The first-order chi connectivity index (χ1) is 16.0. The summed E-state index contributed by atoms with van der Waals surface area (Å²) in [5.41, 5.74) is 4.81. The zero-order valence-electron chi connectivity index (χ0n) is 20.6. The summed E-state index contributed by atoms with van der Waals surface area (Å²) < 4.78 is 6.38. The van der Waals surface area contributed by atoms with Crippen molar-refractivity contribution in [1.29, 1.82) is 0 Å². The van der Waals surface area contributed by atoms with Gasteiger partial charge in [0.2, 0.25) is 0 Å². The Morgan fingerprint density at radius 1 is 0.788 bits per heavy atom. The molecule has 0 aliphatic carbocycles. The van der Waals surface area contributed by atoms with E-state index < -0.39 is 0 Å². The van der Waals surface area contributed by atoms with Crippen molar-refractivity contribution >= 4 is 0 Å². The van der Waals surface area contributed by atoms with E-state index in [9.17, 15) is 5.11 Å². The van der Waals surface area contributed by atoms with Crippen LogP contribution in [0.3, 0.4) is 0 Å². The lowest BCUT2D eigenvalue weighted by Crippen LogP contribution is -2.38. The summed E-state index contributed by atoms with van der Waals surface area (Å²) in [6.07, 6.45) is 1.65. The van der Waals surface area contributed by atoms with Crippen molar-refractivity contribution in [2.24, 2.45) is 0 Å². The molecular weight excluding hydrogens is 406 g/mol. The molecule has 0 aromatic heterocycles. The molecule has 0 aliphatic rings. The molecule has 0 fully saturated rings. The van der Waals surface area contributed by atoms with E-state index in [0.717, 1.165) is 29.8 Å². The number of hydrogen-bond donors (Lipinski definition) is 1. The third-order valence-corrected chi connectivity index (χ3v) is 6.29. The van der Waals surface area contributed by atoms with Crippen LogP contribution in [0.4, 0.5) is 0 Å². The lowest BCUT2D eigenvalue weighted by Gasteiger charge is -2.32. The van der Waals surface area contributed by atoms with Gasteiger partial charge in [-0.25, -0.2) is 0 Å². The van der Waals surface area contributed by atoms with Crippen molar-refractivity contribution < 1.29 is 9.84 Å². The van der Waals surface area contributed by atoms with Crippen LogP contribution >= 0.6 is 0 Å². The minimum Gasteiger partial charge on any atom is -0.489 e. The van der Waals surface area contributed by atoms with Crippen LogP contribution in [0.1, 0.15) is 62.3 Å². The zero-order valence-corrected chi connectivity index (χ0v) is 20.6. The van der Waals surface area contributed by atoms with Gasteiger partial charge in [0.1, 0.15) is 12.4 Å². The molecule has 1 N–H and O–H groups in total. The van der Waals surface area contributed by atoms with Crippen LogP contribution in [0.2, 0.25) is 0 Å². The number of aliphatic hydroxyl groups is 1. The standard InChI is InChI=1S/C30H39NO2/c1-23(2)31(24(3)4)19-17-28(27-13-9-6-10-14-27)29-21-25(18-20-32)15-16-30(29)33-22-26-11-7-5-8-12-26/h5-16,21,23-24,28,32H,17-20,22H2,1-4H3/t28-/m1/s1. The molecule has 0 amide bonds. The minimum atomic E-state index is 0.147. The van der Waals surface area contributed by atoms with Gasteiger partial charge in [0, 0.05) is 30.2 Å². The molecule has 0 saturated carbocycles. The van der Waals surface area contributed by atoms with E-state index >= 15 is 0 Å². The van der Waals surface area contributed by atoms with Gasteiger partial charge in [0.15, 0.2) is 0 Å². The molecule has 0 spiro atoms. The maximum absolute atomic E-state index is 9.55. The number of benzene rings is 3. The van der Waals surface area contributed by atoms with Crippen LogP contribution in [0.15, 0.2) is 78.9 Å². The Hall–Kier alpha value is -2.62. The van der Waals surface area contributed by atoms with Crippen LogP contribution in [0.25, 0.3) is 0 Å². The van der Waals surface area contributed by atoms with Crippen molar-refractivity contribution in [3.05, 3.63) is 101 Å². The highest BCUT2D eigenvalue weighted by molar-refractivity contribution is 5.45. The SMILES string of the molecule is CC(C)N(CC[C@H](c1ccccc1)c1cc(CCO)ccc1OCc1ccccc1)C(C)C. The van der Waals surface area contributed by atoms with Crippen LogP contribution in [-0.2, 0) is 13.0 Å². The highest BCUT2D eigenvalue weighted by Crippen LogP contribution is 2.36. The molecule has 3 aromatic rings. The summed E-state index contributed by atoms with van der Waals surface area (Å²) >= 11 is 0. The summed E-state index contributed by atoms with van der Waals surface area (Å²) in [5.74, 6) is 1.14. The van der Waals surface area contributed by atoms with E-state index in [2.05, 4.69) is 93.3 Å². The number of rotatable bonds is 12. The van der Waals surface area contributed by atoms with E-state index in [1.165, 1.54) is 11.1 Å². The van der Waals surface area contributed by atoms with Gasteiger partial charge in [-0.1, -0.05) is 72.8 Å². The lowest BCUT2D eigenvalue weighted by molar-refractivity contribution is 0.170. The van der Waals surface area contributed by atoms with Gasteiger partial charge in [-0.15, -0.1) is 0 Å². The van der Waals surface area contributed by atoms with Gasteiger partial charge in [-0.2, -0.15) is 0 Å². The fourth-order valence-electron chi connectivity index (χ4n) is 4.60. The number of ether oxygens (including phenoxy) is 1. The maximum atomic E-state index is 9.55. The van der Waals surface area contributed by atoms with Gasteiger partial charge < -0.3 is 9.84 Å². The van der Waals surface area contributed by atoms with E-state index in [1.54, 1.807) is 0 Å². The predicted octanol–water partition coefficient (Wildman–Crippen LogP) is 6.44. The van der Waals surface area contributed by atoms with Gasteiger partial charge in [-0.3, -0.25) is 4.90 Å². The Balaban J connectivity index is 1.96. The average molecular weight is 446 g/mol. The van der Waals surface area contributed by atoms with Crippen molar-refractivity contribution in [1.82, 2.24) is 4.90 Å². The second kappa shape index (κ2) is 12.6. The topological polar surface area (TPSA) is 32.7 Å². The van der Waals surface area contributed by atoms with Gasteiger partial charge in [-0.05, 0) is 69.8 Å². The monoisotopic (exact) mass is 445 g/mol. The van der Waals surface area contributed by atoms with E-state index in [0.29, 0.717) is 25.1 Å². The highest BCUT2D eigenvalue weighted by atomic mass is 16.5. The first-order valence-electron chi connectivity index (χ1n) is 12.2. The summed E-state index contributed by atoms with van der Waals surface area (Å²) in [7, 11) is 0. The quantitative estimate of drug-likeness (QED) is 0.348. The molecule has 3 rings (SSSR count). The lowest BCUT2D eigenvalue weighted by atomic mass is 9.86. The zero-order chi connectivity index (χ0) is 23.6. The Morgan fingerprint density at radius 3 is 2.03 bits per heavy atom. The Bertz CT molecular complexity index is 946.